The molecular formula is C13H27NO4. The minimum atomic E-state index is -0.521. The molecule has 0 aromatic rings. The molecule has 108 valence electrons. The summed E-state index contributed by atoms with van der Waals surface area (Å²) in [5.41, 5.74) is -0.521. The topological polar surface area (TPSA) is 59.0 Å². The monoisotopic (exact) mass is 261 g/mol. The first kappa shape index (κ1) is 17.2. The molecule has 1 unspecified atom stereocenters. The second-order valence-electron chi connectivity index (χ2n) is 5.50. The molecule has 0 fully saturated rings. The van der Waals surface area contributed by atoms with Crippen LogP contribution in [0.4, 0.5) is 4.79 Å². The zero-order chi connectivity index (χ0) is 14.3. The van der Waals surface area contributed by atoms with E-state index in [0.717, 1.165) is 0 Å². The van der Waals surface area contributed by atoms with Gasteiger partial charge in [0.2, 0.25) is 0 Å². The molecule has 0 spiro atoms. The van der Waals surface area contributed by atoms with Crippen LogP contribution >= 0.6 is 0 Å². The number of nitrogens with zero attached hydrogens (tertiary/aromatic N) is 1. The van der Waals surface area contributed by atoms with Crippen molar-refractivity contribution in [1.29, 1.82) is 0 Å². The van der Waals surface area contributed by atoms with Gasteiger partial charge >= 0.3 is 6.09 Å². The van der Waals surface area contributed by atoms with Crippen LogP contribution in [0.15, 0.2) is 0 Å². The molecular weight excluding hydrogens is 234 g/mol. The molecule has 0 radical (unpaired) electrons. The zero-order valence-electron chi connectivity index (χ0n) is 12.4. The summed E-state index contributed by atoms with van der Waals surface area (Å²) >= 11 is 0. The van der Waals surface area contributed by atoms with Gasteiger partial charge in [-0.15, -0.1) is 0 Å². The van der Waals surface area contributed by atoms with Gasteiger partial charge in [0.1, 0.15) is 5.60 Å². The fourth-order valence-corrected chi connectivity index (χ4v) is 1.49. The summed E-state index contributed by atoms with van der Waals surface area (Å²) in [6.07, 6.45) is 0.311. The van der Waals surface area contributed by atoms with Gasteiger partial charge in [-0.25, -0.2) is 4.79 Å². The van der Waals surface area contributed by atoms with Gasteiger partial charge < -0.3 is 19.5 Å². The van der Waals surface area contributed by atoms with Gasteiger partial charge in [-0.1, -0.05) is 6.92 Å². The fourth-order valence-electron chi connectivity index (χ4n) is 1.49. The number of likely N-dealkylation sites (N-methyl/N-ethyl adjacent to an activating group) is 1. The number of methoxy groups -OCH3 is 1. The number of aliphatic hydroxyl groups excluding tert-OH is 1. The van der Waals surface area contributed by atoms with E-state index in [1.165, 1.54) is 4.90 Å². The van der Waals surface area contributed by atoms with Crippen molar-refractivity contribution in [3.05, 3.63) is 0 Å². The lowest BCUT2D eigenvalue weighted by Gasteiger charge is -2.31. The third kappa shape index (κ3) is 6.81. The lowest BCUT2D eigenvalue weighted by molar-refractivity contribution is 0.00434. The summed E-state index contributed by atoms with van der Waals surface area (Å²) in [5.74, 6) is 0. The van der Waals surface area contributed by atoms with E-state index >= 15 is 0 Å². The van der Waals surface area contributed by atoms with Crippen molar-refractivity contribution in [2.75, 3.05) is 20.8 Å². The van der Waals surface area contributed by atoms with Crippen LogP contribution in [0.25, 0.3) is 0 Å². The minimum Gasteiger partial charge on any atom is -0.444 e. The van der Waals surface area contributed by atoms with Crippen LogP contribution in [0.2, 0.25) is 0 Å². The zero-order valence-corrected chi connectivity index (χ0v) is 12.4. The maximum Gasteiger partial charge on any atom is 0.410 e. The first-order chi connectivity index (χ1) is 8.21. The van der Waals surface area contributed by atoms with E-state index in [4.69, 9.17) is 9.47 Å². The quantitative estimate of drug-likeness (QED) is 0.794. The smallest absolute Gasteiger partial charge is 0.410 e. The second kappa shape index (κ2) is 7.59. The van der Waals surface area contributed by atoms with E-state index in [0.29, 0.717) is 19.4 Å². The van der Waals surface area contributed by atoms with E-state index < -0.39 is 17.8 Å². The highest BCUT2D eigenvalue weighted by Crippen LogP contribution is 2.14. The van der Waals surface area contributed by atoms with Gasteiger partial charge in [-0.2, -0.15) is 0 Å². The molecule has 0 aromatic heterocycles. The SMILES string of the molecule is CC[C@H](O)CC(COC)N(C)C(=O)OC(C)(C)C. The Labute approximate surface area is 110 Å². The van der Waals surface area contributed by atoms with Crippen LogP contribution in [0.1, 0.15) is 40.5 Å². The lowest BCUT2D eigenvalue weighted by atomic mass is 10.1. The first-order valence-electron chi connectivity index (χ1n) is 6.34. The van der Waals surface area contributed by atoms with Gasteiger partial charge in [-0.05, 0) is 33.6 Å². The van der Waals surface area contributed by atoms with Crippen LogP contribution in [-0.4, -0.2) is 54.6 Å². The summed E-state index contributed by atoms with van der Waals surface area (Å²) < 4.78 is 10.4. The Hall–Kier alpha value is -0.810. The van der Waals surface area contributed by atoms with Crippen LogP contribution < -0.4 is 0 Å². The van der Waals surface area contributed by atoms with Crippen LogP contribution in [0.5, 0.6) is 0 Å². The van der Waals surface area contributed by atoms with Crippen molar-refractivity contribution in [1.82, 2.24) is 4.90 Å². The van der Waals surface area contributed by atoms with Crippen LogP contribution in [0, 0.1) is 0 Å². The molecule has 0 bridgehead atoms. The third-order valence-corrected chi connectivity index (χ3v) is 2.60. The summed E-state index contributed by atoms with van der Waals surface area (Å²) in [4.78, 5) is 13.4. The number of aliphatic hydroxyl groups is 1. The van der Waals surface area contributed by atoms with Gasteiger partial charge in [0, 0.05) is 14.2 Å². The average molecular weight is 261 g/mol. The Morgan fingerprint density at radius 1 is 1.39 bits per heavy atom. The molecule has 5 heteroatoms. The van der Waals surface area contributed by atoms with E-state index in [9.17, 15) is 9.90 Å². The van der Waals surface area contributed by atoms with E-state index in [-0.39, 0.29) is 6.04 Å². The summed E-state index contributed by atoms with van der Waals surface area (Å²) in [6.45, 7) is 7.76. The predicted molar refractivity (Wildman–Crippen MR) is 70.6 cm³/mol. The van der Waals surface area contributed by atoms with Crippen molar-refractivity contribution in [2.45, 2.75) is 58.3 Å². The van der Waals surface area contributed by atoms with Crippen molar-refractivity contribution >= 4 is 6.09 Å². The van der Waals surface area contributed by atoms with Crippen LogP contribution in [0.3, 0.4) is 0 Å². The molecule has 0 aliphatic rings. The molecule has 0 saturated carbocycles. The molecule has 2 atom stereocenters. The Morgan fingerprint density at radius 3 is 2.33 bits per heavy atom. The minimum absolute atomic E-state index is 0.181. The molecule has 5 nitrogen and oxygen atoms in total. The maximum absolute atomic E-state index is 11.9. The maximum atomic E-state index is 11.9. The molecule has 0 heterocycles. The number of rotatable bonds is 6. The van der Waals surface area contributed by atoms with Crippen LogP contribution in [-0.2, 0) is 9.47 Å². The standard InChI is InChI=1S/C13H27NO4/c1-7-11(15)8-10(9-17-6)14(5)12(16)18-13(2,3)4/h10-11,15H,7-9H2,1-6H3/t10?,11-/m0/s1. The molecule has 18 heavy (non-hydrogen) atoms. The molecule has 1 N–H and O–H groups in total. The number of amides is 1. The number of carbonyl (C=O) groups excluding carboxylic acids is 1. The normalized spacial score (nSPS) is 15.1. The predicted octanol–water partition coefficient (Wildman–Crippen LogP) is 2.03. The van der Waals surface area contributed by atoms with Gasteiger partial charge in [0.05, 0.1) is 18.8 Å². The highest BCUT2D eigenvalue weighted by atomic mass is 16.6. The van der Waals surface area contributed by atoms with Crippen molar-refractivity contribution in [3.8, 4) is 0 Å². The molecule has 0 aliphatic heterocycles. The number of carbonyl (C=O) groups is 1. The summed E-state index contributed by atoms with van der Waals surface area (Å²) in [6, 6.07) is -0.181. The molecule has 1 amide bonds. The molecule has 0 aromatic carbocycles. The lowest BCUT2D eigenvalue weighted by Crippen LogP contribution is -2.44. The Balaban J connectivity index is 4.54. The summed E-state index contributed by atoms with van der Waals surface area (Å²) in [7, 11) is 3.24. The second-order valence-corrected chi connectivity index (χ2v) is 5.50. The van der Waals surface area contributed by atoms with Gasteiger partial charge in [0.15, 0.2) is 0 Å². The van der Waals surface area contributed by atoms with Gasteiger partial charge in [0.25, 0.3) is 0 Å². The Morgan fingerprint density at radius 2 is 1.94 bits per heavy atom. The van der Waals surface area contributed by atoms with Gasteiger partial charge in [-0.3, -0.25) is 0 Å². The van der Waals surface area contributed by atoms with E-state index in [1.54, 1.807) is 14.2 Å². The average Bonchev–Trinajstić information content (AvgIpc) is 2.24. The van der Waals surface area contributed by atoms with Crippen molar-refractivity contribution < 1.29 is 19.4 Å². The molecule has 0 aliphatic carbocycles. The number of hydrogen-bond donors (Lipinski definition) is 1. The first-order valence-corrected chi connectivity index (χ1v) is 6.34. The van der Waals surface area contributed by atoms with E-state index in [2.05, 4.69) is 0 Å². The van der Waals surface area contributed by atoms with Crippen molar-refractivity contribution in [2.24, 2.45) is 0 Å². The Kier molecular flexibility index (Phi) is 7.25. The fraction of sp³-hybridized carbons (Fsp3) is 0.923. The van der Waals surface area contributed by atoms with E-state index in [1.807, 2.05) is 27.7 Å². The third-order valence-electron chi connectivity index (χ3n) is 2.60. The highest BCUT2D eigenvalue weighted by molar-refractivity contribution is 5.68. The number of ether oxygens (including phenoxy) is 2. The number of hydrogen-bond acceptors (Lipinski definition) is 4. The molecule has 0 saturated heterocycles. The Bertz CT molecular complexity index is 250. The molecule has 0 rings (SSSR count). The highest BCUT2D eigenvalue weighted by Gasteiger charge is 2.26. The summed E-state index contributed by atoms with van der Waals surface area (Å²) in [5, 5.41) is 9.68. The van der Waals surface area contributed by atoms with Crippen molar-refractivity contribution in [3.63, 3.8) is 0 Å². The largest absolute Gasteiger partial charge is 0.444 e.